The number of rotatable bonds is 9. The topological polar surface area (TPSA) is 67.9 Å². The van der Waals surface area contributed by atoms with Crippen LogP contribution in [-0.2, 0) is 29.0 Å². The van der Waals surface area contributed by atoms with Gasteiger partial charge in [0.1, 0.15) is 19.3 Å². The second kappa shape index (κ2) is 12.4. The molecule has 0 aromatic heterocycles. The van der Waals surface area contributed by atoms with E-state index in [2.05, 4.69) is 5.32 Å². The minimum absolute atomic E-state index is 0.0974. The fourth-order valence-electron chi connectivity index (χ4n) is 4.43. The number of amides is 2. The highest BCUT2D eigenvalue weighted by atomic mass is 35.5. The first-order valence-corrected chi connectivity index (χ1v) is 13.3. The molecule has 3 aromatic carbocycles. The summed E-state index contributed by atoms with van der Waals surface area (Å²) in [7, 11) is 0. The van der Waals surface area contributed by atoms with Crippen molar-refractivity contribution in [2.75, 3.05) is 13.2 Å². The molecule has 6 nitrogen and oxygen atoms in total. The van der Waals surface area contributed by atoms with E-state index < -0.39 is 11.6 Å². The van der Waals surface area contributed by atoms with Gasteiger partial charge in [-0.3, -0.25) is 9.59 Å². The summed E-state index contributed by atoms with van der Waals surface area (Å²) in [5.41, 5.74) is 2.44. The van der Waals surface area contributed by atoms with Gasteiger partial charge in [0, 0.05) is 29.9 Å². The number of hydrogen-bond acceptors (Lipinski definition) is 4. The van der Waals surface area contributed by atoms with Gasteiger partial charge in [0.05, 0.1) is 0 Å². The molecule has 0 saturated heterocycles. The third-order valence-corrected chi connectivity index (χ3v) is 6.52. The number of nitrogens with zero attached hydrogens (tertiary/aromatic N) is 1. The number of carbonyl (C=O) groups excluding carboxylic acids is 2. The second-order valence-electron chi connectivity index (χ2n) is 10.6. The van der Waals surface area contributed by atoms with E-state index in [0.717, 1.165) is 22.4 Å². The van der Waals surface area contributed by atoms with Crippen LogP contribution >= 0.6 is 11.6 Å². The molecular formula is C31H35ClN2O4. The van der Waals surface area contributed by atoms with Crippen molar-refractivity contribution in [2.45, 2.75) is 58.2 Å². The monoisotopic (exact) mass is 534 g/mol. The maximum atomic E-state index is 13.8. The first-order chi connectivity index (χ1) is 18.2. The minimum atomic E-state index is -0.680. The molecule has 1 aliphatic heterocycles. The molecule has 0 bridgehead atoms. The molecule has 0 saturated carbocycles. The van der Waals surface area contributed by atoms with Gasteiger partial charge in [0.25, 0.3) is 0 Å². The zero-order valence-electron chi connectivity index (χ0n) is 22.2. The van der Waals surface area contributed by atoms with E-state index in [1.807, 2.05) is 81.4 Å². The van der Waals surface area contributed by atoms with Crippen LogP contribution in [0.2, 0.25) is 5.02 Å². The highest BCUT2D eigenvalue weighted by Gasteiger charge is 2.32. The minimum Gasteiger partial charge on any atom is -0.486 e. The van der Waals surface area contributed by atoms with Crippen molar-refractivity contribution in [3.63, 3.8) is 0 Å². The maximum Gasteiger partial charge on any atom is 0.243 e. The van der Waals surface area contributed by atoms with Crippen molar-refractivity contribution >= 4 is 23.4 Å². The Morgan fingerprint density at radius 3 is 2.24 bits per heavy atom. The van der Waals surface area contributed by atoms with Crippen LogP contribution in [0.15, 0.2) is 72.8 Å². The smallest absolute Gasteiger partial charge is 0.243 e. The van der Waals surface area contributed by atoms with Crippen molar-refractivity contribution in [1.82, 2.24) is 10.2 Å². The van der Waals surface area contributed by atoms with Crippen LogP contribution in [0.5, 0.6) is 11.5 Å². The molecule has 0 fully saturated rings. The van der Waals surface area contributed by atoms with Gasteiger partial charge in [0.2, 0.25) is 11.8 Å². The average Bonchev–Trinajstić information content (AvgIpc) is 2.90. The summed E-state index contributed by atoms with van der Waals surface area (Å²) in [5, 5.41) is 3.72. The van der Waals surface area contributed by atoms with Gasteiger partial charge in [0.15, 0.2) is 11.5 Å². The zero-order valence-corrected chi connectivity index (χ0v) is 23.0. The SMILES string of the molecule is CC(C)(C)NC(=O)[C@@H](Cc1ccccc1)N(Cc1ccc(Cl)cc1)C(=O)CCc1ccc2c(c1)OCCO2. The van der Waals surface area contributed by atoms with Crippen molar-refractivity contribution in [3.05, 3.63) is 94.5 Å². The maximum absolute atomic E-state index is 13.8. The molecule has 1 N–H and O–H groups in total. The van der Waals surface area contributed by atoms with E-state index in [1.165, 1.54) is 0 Å². The number of fused-ring (bicyclic) bond motifs is 1. The Labute approximate surface area is 229 Å². The molecule has 0 unspecified atom stereocenters. The molecule has 38 heavy (non-hydrogen) atoms. The molecule has 7 heteroatoms. The molecule has 1 heterocycles. The Kier molecular flexibility index (Phi) is 8.95. The standard InChI is InChI=1S/C31H35ClN2O4/c1-31(2,3)33-30(36)26(19-22-7-5-4-6-8-22)34(21-24-9-13-25(32)14-10-24)29(35)16-12-23-11-15-27-28(20-23)38-18-17-37-27/h4-11,13-15,20,26H,12,16-19,21H2,1-3H3,(H,33,36)/t26-/m1/s1. The third kappa shape index (κ3) is 7.75. The number of hydrogen-bond donors (Lipinski definition) is 1. The number of nitrogens with one attached hydrogen (secondary N) is 1. The van der Waals surface area contributed by atoms with Crippen molar-refractivity contribution < 1.29 is 19.1 Å². The van der Waals surface area contributed by atoms with Gasteiger partial charge in [-0.05, 0) is 68.1 Å². The molecule has 0 aliphatic carbocycles. The van der Waals surface area contributed by atoms with Crippen LogP contribution < -0.4 is 14.8 Å². The van der Waals surface area contributed by atoms with E-state index in [0.29, 0.717) is 43.4 Å². The molecule has 4 rings (SSSR count). The van der Waals surface area contributed by atoms with Crippen molar-refractivity contribution in [3.8, 4) is 11.5 Å². The van der Waals surface area contributed by atoms with E-state index in [-0.39, 0.29) is 18.2 Å². The first-order valence-electron chi connectivity index (χ1n) is 13.0. The fraction of sp³-hybridized carbons (Fsp3) is 0.355. The average molecular weight is 535 g/mol. The molecule has 0 spiro atoms. The summed E-state index contributed by atoms with van der Waals surface area (Å²) >= 11 is 6.11. The van der Waals surface area contributed by atoms with Crippen LogP contribution in [0, 0.1) is 0 Å². The van der Waals surface area contributed by atoms with Gasteiger partial charge < -0.3 is 19.7 Å². The van der Waals surface area contributed by atoms with Gasteiger partial charge in [-0.2, -0.15) is 0 Å². The quantitative estimate of drug-likeness (QED) is 0.388. The predicted octanol–water partition coefficient (Wildman–Crippen LogP) is 5.60. The number of halogens is 1. The lowest BCUT2D eigenvalue weighted by Gasteiger charge is -2.34. The normalized spacial score (nSPS) is 13.5. The summed E-state index contributed by atoms with van der Waals surface area (Å²) in [4.78, 5) is 29.2. The van der Waals surface area contributed by atoms with E-state index in [1.54, 1.807) is 17.0 Å². The Hall–Kier alpha value is -3.51. The van der Waals surface area contributed by atoms with Crippen LogP contribution in [0.1, 0.15) is 43.9 Å². The number of ether oxygens (including phenoxy) is 2. The Balaban J connectivity index is 1.60. The molecule has 1 aliphatic rings. The lowest BCUT2D eigenvalue weighted by Crippen LogP contribution is -2.54. The highest BCUT2D eigenvalue weighted by Crippen LogP contribution is 2.31. The third-order valence-electron chi connectivity index (χ3n) is 6.27. The number of benzene rings is 3. The van der Waals surface area contributed by atoms with Gasteiger partial charge in [-0.15, -0.1) is 0 Å². The Bertz CT molecular complexity index is 1240. The van der Waals surface area contributed by atoms with Crippen molar-refractivity contribution in [2.24, 2.45) is 0 Å². The Morgan fingerprint density at radius 1 is 0.895 bits per heavy atom. The summed E-state index contributed by atoms with van der Waals surface area (Å²) < 4.78 is 11.3. The van der Waals surface area contributed by atoms with Crippen LogP contribution in [0.4, 0.5) is 0 Å². The number of carbonyl (C=O) groups is 2. The summed E-state index contributed by atoms with van der Waals surface area (Å²) in [6.45, 7) is 7.16. The highest BCUT2D eigenvalue weighted by molar-refractivity contribution is 6.30. The molecule has 1 atom stereocenters. The van der Waals surface area contributed by atoms with Crippen LogP contribution in [0.25, 0.3) is 0 Å². The van der Waals surface area contributed by atoms with Gasteiger partial charge >= 0.3 is 0 Å². The molecule has 200 valence electrons. The van der Waals surface area contributed by atoms with E-state index in [4.69, 9.17) is 21.1 Å². The second-order valence-corrected chi connectivity index (χ2v) is 11.0. The summed E-state index contributed by atoms with van der Waals surface area (Å²) in [6.07, 6.45) is 1.18. The summed E-state index contributed by atoms with van der Waals surface area (Å²) in [5.74, 6) is 1.14. The molecule has 2 amide bonds. The van der Waals surface area contributed by atoms with Gasteiger partial charge in [-0.25, -0.2) is 0 Å². The van der Waals surface area contributed by atoms with Crippen LogP contribution in [0.3, 0.4) is 0 Å². The molecular weight excluding hydrogens is 500 g/mol. The molecule has 0 radical (unpaired) electrons. The zero-order chi connectivity index (χ0) is 27.1. The Morgan fingerprint density at radius 2 is 1.55 bits per heavy atom. The van der Waals surface area contributed by atoms with E-state index in [9.17, 15) is 9.59 Å². The summed E-state index contributed by atoms with van der Waals surface area (Å²) in [6, 6.07) is 22.3. The first kappa shape index (κ1) is 27.5. The van der Waals surface area contributed by atoms with Crippen molar-refractivity contribution in [1.29, 1.82) is 0 Å². The predicted molar refractivity (Wildman–Crippen MR) is 150 cm³/mol. The van der Waals surface area contributed by atoms with Gasteiger partial charge in [-0.1, -0.05) is 60.1 Å². The molecule has 3 aromatic rings. The largest absolute Gasteiger partial charge is 0.486 e. The lowest BCUT2D eigenvalue weighted by molar-refractivity contribution is -0.141. The van der Waals surface area contributed by atoms with Crippen LogP contribution in [-0.4, -0.2) is 41.5 Å². The number of aryl methyl sites for hydroxylation is 1. The lowest BCUT2D eigenvalue weighted by atomic mass is 9.99. The fourth-order valence-corrected chi connectivity index (χ4v) is 4.56. The van der Waals surface area contributed by atoms with E-state index >= 15 is 0 Å².